The summed E-state index contributed by atoms with van der Waals surface area (Å²) in [4.78, 5) is 12.4. The minimum Gasteiger partial charge on any atom is -0.379 e. The van der Waals surface area contributed by atoms with Gasteiger partial charge in [-0.1, -0.05) is 30.3 Å². The van der Waals surface area contributed by atoms with Crippen molar-refractivity contribution in [3.05, 3.63) is 35.9 Å². The van der Waals surface area contributed by atoms with E-state index in [1.54, 1.807) is 0 Å². The molecule has 3 atom stereocenters. The molecule has 0 aromatic heterocycles. The highest BCUT2D eigenvalue weighted by molar-refractivity contribution is 5.80. The number of hydrogen-bond donors (Lipinski definition) is 3. The van der Waals surface area contributed by atoms with Crippen LogP contribution in [-0.2, 0) is 14.3 Å². The Hall–Kier alpha value is -1.47. The number of hydrogen-bond acceptors (Lipinski definition) is 5. The SMILES string of the molecule is O=C(NCCCOCC1CCCO1)C1CNNC1c1ccccc1. The molecule has 132 valence electrons. The van der Waals surface area contributed by atoms with Gasteiger partial charge in [0.15, 0.2) is 0 Å². The molecule has 0 saturated carbocycles. The van der Waals surface area contributed by atoms with Crippen LogP contribution in [0.5, 0.6) is 0 Å². The van der Waals surface area contributed by atoms with Gasteiger partial charge < -0.3 is 14.8 Å². The van der Waals surface area contributed by atoms with Gasteiger partial charge in [0.05, 0.1) is 24.7 Å². The monoisotopic (exact) mass is 333 g/mol. The van der Waals surface area contributed by atoms with Gasteiger partial charge >= 0.3 is 0 Å². The average molecular weight is 333 g/mol. The second kappa shape index (κ2) is 9.13. The molecule has 3 rings (SSSR count). The minimum atomic E-state index is -0.0970. The fourth-order valence-corrected chi connectivity index (χ4v) is 3.22. The first-order valence-corrected chi connectivity index (χ1v) is 8.85. The summed E-state index contributed by atoms with van der Waals surface area (Å²) in [5, 5.41) is 3.02. The number of hydrazine groups is 1. The lowest BCUT2D eigenvalue weighted by molar-refractivity contribution is -0.125. The summed E-state index contributed by atoms with van der Waals surface area (Å²) in [5.74, 6) is -0.0133. The first-order chi connectivity index (χ1) is 11.8. The lowest BCUT2D eigenvalue weighted by atomic mass is 9.94. The molecule has 2 saturated heterocycles. The number of amides is 1. The first-order valence-electron chi connectivity index (χ1n) is 8.85. The standard InChI is InChI=1S/C18H27N3O3/c22-18(19-9-5-10-23-13-15-8-4-11-24-15)16-12-20-21-17(16)14-6-2-1-3-7-14/h1-3,6-7,15-17,20-21H,4-5,8-13H2,(H,19,22). The highest BCUT2D eigenvalue weighted by Gasteiger charge is 2.33. The van der Waals surface area contributed by atoms with Gasteiger partial charge in [-0.2, -0.15) is 0 Å². The zero-order chi connectivity index (χ0) is 16.6. The van der Waals surface area contributed by atoms with E-state index >= 15 is 0 Å². The van der Waals surface area contributed by atoms with E-state index in [9.17, 15) is 4.79 Å². The van der Waals surface area contributed by atoms with Gasteiger partial charge in [-0.05, 0) is 24.8 Å². The van der Waals surface area contributed by atoms with Gasteiger partial charge in [0.2, 0.25) is 5.91 Å². The van der Waals surface area contributed by atoms with Crippen LogP contribution in [-0.4, -0.2) is 44.9 Å². The van der Waals surface area contributed by atoms with Gasteiger partial charge in [-0.25, -0.2) is 5.43 Å². The molecule has 1 aromatic carbocycles. The second-order valence-electron chi connectivity index (χ2n) is 6.37. The zero-order valence-electron chi connectivity index (χ0n) is 14.0. The van der Waals surface area contributed by atoms with Crippen molar-refractivity contribution in [2.75, 3.05) is 32.9 Å². The minimum absolute atomic E-state index is 0.0157. The number of ether oxygens (including phenoxy) is 2. The lowest BCUT2D eigenvalue weighted by Gasteiger charge is -2.18. The normalized spacial score (nSPS) is 26.6. The van der Waals surface area contributed by atoms with Gasteiger partial charge in [0.25, 0.3) is 0 Å². The summed E-state index contributed by atoms with van der Waals surface area (Å²) in [6, 6.07) is 10.1. The van der Waals surface area contributed by atoms with Crippen LogP contribution in [0.15, 0.2) is 30.3 Å². The van der Waals surface area contributed by atoms with Crippen molar-refractivity contribution >= 4 is 5.91 Å². The number of benzene rings is 1. The molecule has 2 aliphatic rings. The summed E-state index contributed by atoms with van der Waals surface area (Å²) in [6.07, 6.45) is 3.32. The Morgan fingerprint density at radius 1 is 1.33 bits per heavy atom. The third-order valence-corrected chi connectivity index (χ3v) is 4.57. The van der Waals surface area contributed by atoms with Crippen LogP contribution >= 0.6 is 0 Å². The van der Waals surface area contributed by atoms with Gasteiger partial charge in [-0.15, -0.1) is 0 Å². The van der Waals surface area contributed by atoms with E-state index < -0.39 is 0 Å². The van der Waals surface area contributed by atoms with Crippen molar-refractivity contribution in [2.24, 2.45) is 5.92 Å². The maximum atomic E-state index is 12.4. The molecule has 24 heavy (non-hydrogen) atoms. The predicted octanol–water partition coefficient (Wildman–Crippen LogP) is 1.15. The summed E-state index contributed by atoms with van der Waals surface area (Å²) in [5.41, 5.74) is 7.42. The third kappa shape index (κ3) is 4.77. The van der Waals surface area contributed by atoms with Gasteiger partial charge in [0, 0.05) is 26.3 Å². The van der Waals surface area contributed by atoms with Crippen molar-refractivity contribution in [1.29, 1.82) is 0 Å². The topological polar surface area (TPSA) is 71.6 Å². The fourth-order valence-electron chi connectivity index (χ4n) is 3.22. The van der Waals surface area contributed by atoms with Crippen molar-refractivity contribution in [3.63, 3.8) is 0 Å². The third-order valence-electron chi connectivity index (χ3n) is 4.57. The Morgan fingerprint density at radius 2 is 2.21 bits per heavy atom. The molecule has 2 heterocycles. The zero-order valence-corrected chi connectivity index (χ0v) is 14.0. The maximum absolute atomic E-state index is 12.4. The summed E-state index contributed by atoms with van der Waals surface area (Å²) in [7, 11) is 0. The number of rotatable bonds is 8. The molecular formula is C18H27N3O3. The van der Waals surface area contributed by atoms with Crippen LogP contribution in [0.3, 0.4) is 0 Å². The van der Waals surface area contributed by atoms with Crippen molar-refractivity contribution < 1.29 is 14.3 Å². The molecule has 0 aliphatic carbocycles. The quantitative estimate of drug-likeness (QED) is 0.623. The molecule has 6 nitrogen and oxygen atoms in total. The average Bonchev–Trinajstić information content (AvgIpc) is 3.30. The second-order valence-corrected chi connectivity index (χ2v) is 6.37. The number of nitrogens with one attached hydrogen (secondary N) is 3. The molecule has 0 spiro atoms. The predicted molar refractivity (Wildman–Crippen MR) is 91.2 cm³/mol. The van der Waals surface area contributed by atoms with E-state index in [0.29, 0.717) is 26.3 Å². The van der Waals surface area contributed by atoms with E-state index in [1.807, 2.05) is 30.3 Å². The smallest absolute Gasteiger partial charge is 0.226 e. The van der Waals surface area contributed by atoms with Crippen molar-refractivity contribution in [3.8, 4) is 0 Å². The largest absolute Gasteiger partial charge is 0.379 e. The lowest BCUT2D eigenvalue weighted by Crippen LogP contribution is -2.36. The highest BCUT2D eigenvalue weighted by atomic mass is 16.5. The van der Waals surface area contributed by atoms with Crippen LogP contribution in [0.4, 0.5) is 0 Å². The van der Waals surface area contributed by atoms with E-state index in [0.717, 1.165) is 31.4 Å². The van der Waals surface area contributed by atoms with Crippen LogP contribution in [0.25, 0.3) is 0 Å². The summed E-state index contributed by atoms with van der Waals surface area (Å²) >= 11 is 0. The fraction of sp³-hybridized carbons (Fsp3) is 0.611. The number of carbonyl (C=O) groups is 1. The van der Waals surface area contributed by atoms with Crippen LogP contribution in [0, 0.1) is 5.92 Å². The highest BCUT2D eigenvalue weighted by Crippen LogP contribution is 2.24. The maximum Gasteiger partial charge on any atom is 0.226 e. The summed E-state index contributed by atoms with van der Waals surface area (Å²) < 4.78 is 11.1. The van der Waals surface area contributed by atoms with E-state index in [-0.39, 0.29) is 24.0 Å². The Kier molecular flexibility index (Phi) is 6.60. The Balaban J connectivity index is 1.34. The molecule has 2 aliphatic heterocycles. The Morgan fingerprint density at radius 3 is 3.00 bits per heavy atom. The van der Waals surface area contributed by atoms with Crippen LogP contribution in [0.2, 0.25) is 0 Å². The number of carbonyl (C=O) groups excluding carboxylic acids is 1. The van der Waals surface area contributed by atoms with Crippen molar-refractivity contribution in [1.82, 2.24) is 16.2 Å². The van der Waals surface area contributed by atoms with Crippen LogP contribution in [0.1, 0.15) is 30.9 Å². The van der Waals surface area contributed by atoms with E-state index in [2.05, 4.69) is 16.2 Å². The molecule has 2 fully saturated rings. The summed E-state index contributed by atoms with van der Waals surface area (Å²) in [6.45, 7) is 3.46. The van der Waals surface area contributed by atoms with E-state index in [4.69, 9.17) is 9.47 Å². The van der Waals surface area contributed by atoms with Gasteiger partial charge in [-0.3, -0.25) is 10.2 Å². The molecule has 3 unspecified atom stereocenters. The Labute approximate surface area is 143 Å². The molecule has 6 heteroatoms. The van der Waals surface area contributed by atoms with Crippen molar-refractivity contribution in [2.45, 2.75) is 31.4 Å². The van der Waals surface area contributed by atoms with Gasteiger partial charge in [0.1, 0.15) is 0 Å². The molecule has 0 bridgehead atoms. The molecule has 1 amide bonds. The van der Waals surface area contributed by atoms with E-state index in [1.165, 1.54) is 0 Å². The Bertz CT molecular complexity index is 505. The molecule has 1 aromatic rings. The molecule has 3 N–H and O–H groups in total. The first kappa shape index (κ1) is 17.4. The van der Waals surface area contributed by atoms with Crippen LogP contribution < -0.4 is 16.2 Å². The molecule has 0 radical (unpaired) electrons. The molecular weight excluding hydrogens is 306 g/mol.